The van der Waals surface area contributed by atoms with Crippen LogP contribution in [0.25, 0.3) is 0 Å². The van der Waals surface area contributed by atoms with E-state index >= 15 is 0 Å². The Morgan fingerprint density at radius 2 is 2.38 bits per heavy atom. The third-order valence-corrected chi connectivity index (χ3v) is 2.88. The average Bonchev–Trinajstić information content (AvgIpc) is 2.50. The van der Waals surface area contributed by atoms with E-state index in [0.29, 0.717) is 0 Å². The van der Waals surface area contributed by atoms with Crippen LogP contribution in [0.3, 0.4) is 0 Å². The molecule has 1 unspecified atom stereocenters. The minimum Gasteiger partial charge on any atom is -0.394 e. The lowest BCUT2D eigenvalue weighted by molar-refractivity contribution is 0.229. The van der Waals surface area contributed by atoms with Crippen molar-refractivity contribution in [2.75, 3.05) is 6.61 Å². The van der Waals surface area contributed by atoms with Gasteiger partial charge in [-0.3, -0.25) is 4.68 Å². The van der Waals surface area contributed by atoms with Gasteiger partial charge in [-0.2, -0.15) is 5.10 Å². The first kappa shape index (κ1) is 10.5. The van der Waals surface area contributed by atoms with E-state index in [4.69, 9.17) is 15.8 Å². The van der Waals surface area contributed by atoms with Crippen LogP contribution in [-0.4, -0.2) is 29.9 Å². The molecule has 0 fully saturated rings. The number of nitrogens with zero attached hydrogens (tertiary/aromatic N) is 2. The summed E-state index contributed by atoms with van der Waals surface area (Å²) in [6.07, 6.45) is 2.43. The fourth-order valence-electron chi connectivity index (χ4n) is 0.771. The highest BCUT2D eigenvalue weighted by atomic mass is 35.7. The summed E-state index contributed by atoms with van der Waals surface area (Å²) in [5.41, 5.74) is 0. The van der Waals surface area contributed by atoms with Crippen molar-refractivity contribution >= 4 is 19.7 Å². The van der Waals surface area contributed by atoms with Crippen molar-refractivity contribution in [3.8, 4) is 0 Å². The van der Waals surface area contributed by atoms with Crippen LogP contribution in [-0.2, 0) is 9.05 Å². The van der Waals surface area contributed by atoms with E-state index in [0.717, 1.165) is 6.20 Å². The van der Waals surface area contributed by atoms with Gasteiger partial charge in [0.2, 0.25) is 0 Å². The maximum absolute atomic E-state index is 10.8. The minimum absolute atomic E-state index is 0.0607. The van der Waals surface area contributed by atoms with Crippen LogP contribution in [0, 0.1) is 0 Å². The maximum Gasteiger partial charge on any atom is 0.264 e. The molecule has 1 heterocycles. The number of halogens is 1. The fourth-order valence-corrected chi connectivity index (χ4v) is 1.42. The molecule has 7 heteroatoms. The zero-order valence-electron chi connectivity index (χ0n) is 6.88. The van der Waals surface area contributed by atoms with Crippen LogP contribution >= 0.6 is 10.7 Å². The van der Waals surface area contributed by atoms with E-state index in [9.17, 15) is 8.42 Å². The molecule has 0 aliphatic rings. The Morgan fingerprint density at radius 1 is 1.77 bits per heavy atom. The summed E-state index contributed by atoms with van der Waals surface area (Å²) in [6.45, 7) is 1.60. The van der Waals surface area contributed by atoms with Crippen LogP contribution in [0.5, 0.6) is 0 Å². The first-order valence-corrected chi connectivity index (χ1v) is 5.85. The molecule has 0 amide bonds. The van der Waals surface area contributed by atoms with Gasteiger partial charge >= 0.3 is 0 Å². The standard InChI is InChI=1S/C6H9ClN2O3S/c1-5(4-10)9-3-6(2-8-9)13(7,11)12/h2-3,5,10H,4H2,1H3. The fraction of sp³-hybridized carbons (Fsp3) is 0.500. The summed E-state index contributed by atoms with van der Waals surface area (Å²) in [6, 6.07) is -0.257. The Bertz CT molecular complexity index is 386. The smallest absolute Gasteiger partial charge is 0.264 e. The first-order valence-electron chi connectivity index (χ1n) is 3.55. The monoisotopic (exact) mass is 224 g/mol. The molecule has 1 atom stereocenters. The predicted molar refractivity (Wildman–Crippen MR) is 47.1 cm³/mol. The SMILES string of the molecule is CC(CO)n1cc(S(=O)(=O)Cl)cn1. The van der Waals surface area contributed by atoms with Crippen molar-refractivity contribution < 1.29 is 13.5 Å². The van der Waals surface area contributed by atoms with Crippen LogP contribution < -0.4 is 0 Å². The van der Waals surface area contributed by atoms with Gasteiger partial charge in [0, 0.05) is 16.9 Å². The van der Waals surface area contributed by atoms with E-state index in [1.807, 2.05) is 0 Å². The average molecular weight is 225 g/mol. The van der Waals surface area contributed by atoms with Crippen molar-refractivity contribution in [3.05, 3.63) is 12.4 Å². The zero-order chi connectivity index (χ0) is 10.1. The maximum atomic E-state index is 10.8. The molecule has 0 saturated heterocycles. The van der Waals surface area contributed by atoms with Gasteiger partial charge in [-0.15, -0.1) is 0 Å². The van der Waals surface area contributed by atoms with Crippen LogP contribution in [0.1, 0.15) is 13.0 Å². The summed E-state index contributed by atoms with van der Waals surface area (Å²) in [7, 11) is 1.36. The molecule has 0 aliphatic heterocycles. The Balaban J connectivity index is 3.00. The largest absolute Gasteiger partial charge is 0.394 e. The molecule has 0 radical (unpaired) electrons. The Hall–Kier alpha value is -0.590. The summed E-state index contributed by atoms with van der Waals surface area (Å²) >= 11 is 0. The lowest BCUT2D eigenvalue weighted by Gasteiger charge is -2.06. The van der Waals surface area contributed by atoms with Gasteiger partial charge in [0.15, 0.2) is 0 Å². The second kappa shape index (κ2) is 3.65. The highest BCUT2D eigenvalue weighted by Crippen LogP contribution is 2.15. The van der Waals surface area contributed by atoms with E-state index in [-0.39, 0.29) is 17.5 Å². The normalized spacial score (nSPS) is 14.4. The summed E-state index contributed by atoms with van der Waals surface area (Å²) in [4.78, 5) is -0.0607. The number of hydrogen-bond donors (Lipinski definition) is 1. The number of aromatic nitrogens is 2. The van der Waals surface area contributed by atoms with Gasteiger partial charge in [0.05, 0.1) is 18.8 Å². The molecule has 74 valence electrons. The van der Waals surface area contributed by atoms with Crippen molar-refractivity contribution in [2.24, 2.45) is 0 Å². The Labute approximate surface area is 80.4 Å². The molecule has 0 aromatic carbocycles. The molecular formula is C6H9ClN2O3S. The number of aliphatic hydroxyl groups excluding tert-OH is 1. The van der Waals surface area contributed by atoms with E-state index in [2.05, 4.69) is 5.10 Å². The lowest BCUT2D eigenvalue weighted by atomic mass is 10.4. The van der Waals surface area contributed by atoms with Crippen molar-refractivity contribution in [1.82, 2.24) is 9.78 Å². The Kier molecular flexibility index (Phi) is 2.94. The molecule has 0 spiro atoms. The lowest BCUT2D eigenvalue weighted by Crippen LogP contribution is -2.09. The Morgan fingerprint density at radius 3 is 2.77 bits per heavy atom. The summed E-state index contributed by atoms with van der Waals surface area (Å²) in [5.74, 6) is 0. The minimum atomic E-state index is -3.72. The third-order valence-electron chi connectivity index (χ3n) is 1.58. The van der Waals surface area contributed by atoms with Gasteiger partial charge in [-0.1, -0.05) is 0 Å². The quantitative estimate of drug-likeness (QED) is 0.753. The van der Waals surface area contributed by atoms with Crippen molar-refractivity contribution in [2.45, 2.75) is 17.9 Å². The van der Waals surface area contributed by atoms with Crippen LogP contribution in [0.2, 0.25) is 0 Å². The first-order chi connectivity index (χ1) is 5.95. The molecule has 1 N–H and O–H groups in total. The highest BCUT2D eigenvalue weighted by Gasteiger charge is 2.14. The summed E-state index contributed by atoms with van der Waals surface area (Å²) in [5, 5.41) is 12.5. The van der Waals surface area contributed by atoms with Gasteiger partial charge in [0.25, 0.3) is 9.05 Å². The summed E-state index contributed by atoms with van der Waals surface area (Å²) < 4.78 is 23.0. The molecule has 0 saturated carbocycles. The number of aliphatic hydroxyl groups is 1. The molecular weight excluding hydrogens is 216 g/mol. The molecule has 1 aromatic heterocycles. The van der Waals surface area contributed by atoms with Crippen molar-refractivity contribution in [3.63, 3.8) is 0 Å². The zero-order valence-corrected chi connectivity index (χ0v) is 8.46. The second-order valence-corrected chi connectivity index (χ2v) is 5.19. The third kappa shape index (κ3) is 2.43. The number of hydrogen-bond acceptors (Lipinski definition) is 4. The topological polar surface area (TPSA) is 72.2 Å². The van der Waals surface area contributed by atoms with Crippen molar-refractivity contribution in [1.29, 1.82) is 0 Å². The van der Waals surface area contributed by atoms with Crippen LogP contribution in [0.4, 0.5) is 0 Å². The van der Waals surface area contributed by atoms with Gasteiger partial charge in [-0.05, 0) is 6.92 Å². The van der Waals surface area contributed by atoms with E-state index in [1.54, 1.807) is 6.92 Å². The molecule has 0 aliphatic carbocycles. The number of rotatable bonds is 3. The van der Waals surface area contributed by atoms with Gasteiger partial charge < -0.3 is 5.11 Å². The molecule has 1 rings (SSSR count). The second-order valence-electron chi connectivity index (χ2n) is 2.63. The predicted octanol–water partition coefficient (Wildman–Crippen LogP) is 0.364. The van der Waals surface area contributed by atoms with Gasteiger partial charge in [0.1, 0.15) is 4.90 Å². The van der Waals surface area contributed by atoms with Gasteiger partial charge in [-0.25, -0.2) is 8.42 Å². The molecule has 1 aromatic rings. The molecule has 5 nitrogen and oxygen atoms in total. The van der Waals surface area contributed by atoms with E-state index < -0.39 is 9.05 Å². The molecule has 0 bridgehead atoms. The van der Waals surface area contributed by atoms with Crippen LogP contribution in [0.15, 0.2) is 17.3 Å². The van der Waals surface area contributed by atoms with E-state index in [1.165, 1.54) is 10.9 Å². The highest BCUT2D eigenvalue weighted by molar-refractivity contribution is 8.13. The molecule has 13 heavy (non-hydrogen) atoms.